The average Bonchev–Trinajstić information content (AvgIpc) is 3.37. The summed E-state index contributed by atoms with van der Waals surface area (Å²) < 4.78 is 15.7. The van der Waals surface area contributed by atoms with E-state index in [2.05, 4.69) is 10.00 Å². The van der Waals surface area contributed by atoms with Gasteiger partial charge in [-0.15, -0.1) is 5.10 Å². The number of aromatic nitrogens is 4. The molecule has 3 heterocycles. The van der Waals surface area contributed by atoms with Gasteiger partial charge < -0.3 is 10.6 Å². The Hall–Kier alpha value is -3.48. The van der Waals surface area contributed by atoms with E-state index in [1.807, 2.05) is 36.4 Å². The third kappa shape index (κ3) is 3.29. The molecule has 0 aliphatic carbocycles. The van der Waals surface area contributed by atoms with Gasteiger partial charge in [-0.2, -0.15) is 4.98 Å². The van der Waals surface area contributed by atoms with Gasteiger partial charge in [-0.1, -0.05) is 42.5 Å². The van der Waals surface area contributed by atoms with E-state index in [1.165, 1.54) is 12.1 Å². The predicted molar refractivity (Wildman–Crippen MR) is 112 cm³/mol. The van der Waals surface area contributed by atoms with E-state index < -0.39 is 0 Å². The second-order valence-electron chi connectivity index (χ2n) is 7.30. The molecule has 4 aromatic rings. The second-order valence-corrected chi connectivity index (χ2v) is 7.30. The SMILES string of the molecule is Nc1c2c(-c3cccc(F)c3)nc(N3CCCC3)nc2nn1Cc1ccccc1. The molecule has 146 valence electrons. The molecule has 7 heteroatoms. The predicted octanol–water partition coefficient (Wildman–Crippen LogP) is 3.86. The Labute approximate surface area is 167 Å². The van der Waals surface area contributed by atoms with Crippen molar-refractivity contribution in [2.24, 2.45) is 0 Å². The van der Waals surface area contributed by atoms with Crippen LogP contribution in [0.5, 0.6) is 0 Å². The maximum Gasteiger partial charge on any atom is 0.228 e. The monoisotopic (exact) mass is 388 g/mol. The minimum atomic E-state index is -0.313. The number of rotatable bonds is 4. The van der Waals surface area contributed by atoms with E-state index in [1.54, 1.807) is 10.7 Å². The maximum atomic E-state index is 13.9. The van der Waals surface area contributed by atoms with Crippen LogP contribution in [-0.2, 0) is 6.54 Å². The van der Waals surface area contributed by atoms with E-state index in [-0.39, 0.29) is 5.82 Å². The van der Waals surface area contributed by atoms with Gasteiger partial charge in [0.05, 0.1) is 17.6 Å². The smallest absolute Gasteiger partial charge is 0.228 e. The summed E-state index contributed by atoms with van der Waals surface area (Å²) in [5.74, 6) is 0.793. The van der Waals surface area contributed by atoms with Crippen molar-refractivity contribution >= 4 is 22.8 Å². The van der Waals surface area contributed by atoms with Crippen molar-refractivity contribution in [3.05, 3.63) is 66.0 Å². The molecule has 0 amide bonds. The summed E-state index contributed by atoms with van der Waals surface area (Å²) in [6, 6.07) is 16.4. The first kappa shape index (κ1) is 17.6. The number of benzene rings is 2. The average molecular weight is 388 g/mol. The summed E-state index contributed by atoms with van der Waals surface area (Å²) in [6.07, 6.45) is 2.22. The number of halogens is 1. The Morgan fingerprint density at radius 2 is 1.76 bits per heavy atom. The number of nitrogen functional groups attached to an aromatic ring is 1. The lowest BCUT2D eigenvalue weighted by Crippen LogP contribution is -2.20. The number of hydrogen-bond acceptors (Lipinski definition) is 5. The van der Waals surface area contributed by atoms with Gasteiger partial charge in [0, 0.05) is 18.7 Å². The zero-order valence-electron chi connectivity index (χ0n) is 15.9. The summed E-state index contributed by atoms with van der Waals surface area (Å²) in [5.41, 5.74) is 9.40. The van der Waals surface area contributed by atoms with Crippen molar-refractivity contribution in [3.63, 3.8) is 0 Å². The highest BCUT2D eigenvalue weighted by Gasteiger charge is 2.22. The molecule has 0 unspecified atom stereocenters. The minimum Gasteiger partial charge on any atom is -0.383 e. The molecule has 29 heavy (non-hydrogen) atoms. The van der Waals surface area contributed by atoms with Crippen molar-refractivity contribution in [3.8, 4) is 11.3 Å². The van der Waals surface area contributed by atoms with E-state index in [0.717, 1.165) is 31.5 Å². The number of fused-ring (bicyclic) bond motifs is 1. The van der Waals surface area contributed by atoms with Crippen LogP contribution in [0.15, 0.2) is 54.6 Å². The van der Waals surface area contributed by atoms with Crippen LogP contribution in [0.1, 0.15) is 18.4 Å². The third-order valence-electron chi connectivity index (χ3n) is 5.29. The molecule has 0 atom stereocenters. The van der Waals surface area contributed by atoms with Gasteiger partial charge in [0.2, 0.25) is 5.95 Å². The Balaban J connectivity index is 1.69. The Bertz CT molecular complexity index is 1160. The normalized spacial score (nSPS) is 14.0. The lowest BCUT2D eigenvalue weighted by molar-refractivity contribution is 0.628. The van der Waals surface area contributed by atoms with Gasteiger partial charge in [-0.25, -0.2) is 14.1 Å². The first-order valence-corrected chi connectivity index (χ1v) is 9.78. The minimum absolute atomic E-state index is 0.313. The fraction of sp³-hybridized carbons (Fsp3) is 0.227. The van der Waals surface area contributed by atoms with E-state index >= 15 is 0 Å². The van der Waals surface area contributed by atoms with Crippen molar-refractivity contribution in [2.75, 3.05) is 23.7 Å². The van der Waals surface area contributed by atoms with Crippen LogP contribution in [0.25, 0.3) is 22.3 Å². The van der Waals surface area contributed by atoms with Gasteiger partial charge in [0.25, 0.3) is 0 Å². The van der Waals surface area contributed by atoms with Crippen molar-refractivity contribution in [1.29, 1.82) is 0 Å². The Morgan fingerprint density at radius 3 is 2.52 bits per heavy atom. The fourth-order valence-corrected chi connectivity index (χ4v) is 3.82. The molecule has 1 fully saturated rings. The van der Waals surface area contributed by atoms with Crippen molar-refractivity contribution in [1.82, 2.24) is 19.7 Å². The van der Waals surface area contributed by atoms with Crippen LogP contribution in [-0.4, -0.2) is 32.8 Å². The standard InChI is InChI=1S/C22H21FN6/c23-17-10-6-9-16(13-17)19-18-20(24)29(14-15-7-2-1-3-8-15)27-21(18)26-22(25-19)28-11-4-5-12-28/h1-3,6-10,13H,4-5,11-12,14,24H2. The molecular formula is C22H21FN6. The summed E-state index contributed by atoms with van der Waals surface area (Å²) in [4.78, 5) is 11.6. The fourth-order valence-electron chi connectivity index (χ4n) is 3.82. The Morgan fingerprint density at radius 1 is 0.966 bits per heavy atom. The lowest BCUT2D eigenvalue weighted by atomic mass is 10.1. The van der Waals surface area contributed by atoms with Crippen LogP contribution >= 0.6 is 0 Å². The molecule has 0 spiro atoms. The van der Waals surface area contributed by atoms with Gasteiger partial charge in [0.1, 0.15) is 11.6 Å². The second kappa shape index (κ2) is 7.16. The number of nitrogens with two attached hydrogens (primary N) is 1. The van der Waals surface area contributed by atoms with E-state index in [4.69, 9.17) is 15.7 Å². The molecule has 1 saturated heterocycles. The first-order chi connectivity index (χ1) is 14.2. The molecule has 1 aliphatic rings. The van der Waals surface area contributed by atoms with Crippen LogP contribution in [0.3, 0.4) is 0 Å². The van der Waals surface area contributed by atoms with Gasteiger partial charge >= 0.3 is 0 Å². The molecule has 0 bridgehead atoms. The van der Waals surface area contributed by atoms with Crippen LogP contribution in [0.4, 0.5) is 16.2 Å². The lowest BCUT2D eigenvalue weighted by Gasteiger charge is -2.16. The van der Waals surface area contributed by atoms with Crippen LogP contribution in [0.2, 0.25) is 0 Å². The zero-order valence-corrected chi connectivity index (χ0v) is 15.9. The van der Waals surface area contributed by atoms with Gasteiger partial charge in [-0.05, 0) is 30.5 Å². The van der Waals surface area contributed by atoms with Crippen molar-refractivity contribution < 1.29 is 4.39 Å². The summed E-state index contributed by atoms with van der Waals surface area (Å²) in [6.45, 7) is 2.35. The molecule has 2 aromatic carbocycles. The first-order valence-electron chi connectivity index (χ1n) is 9.78. The quantitative estimate of drug-likeness (QED) is 0.575. The Kier molecular flexibility index (Phi) is 4.35. The zero-order chi connectivity index (χ0) is 19.8. The summed E-state index contributed by atoms with van der Waals surface area (Å²) in [7, 11) is 0. The largest absolute Gasteiger partial charge is 0.383 e. The highest BCUT2D eigenvalue weighted by molar-refractivity contribution is 5.99. The molecule has 2 N–H and O–H groups in total. The molecule has 5 rings (SSSR count). The number of anilines is 2. The molecule has 2 aromatic heterocycles. The number of hydrogen-bond donors (Lipinski definition) is 1. The van der Waals surface area contributed by atoms with Gasteiger partial charge in [-0.3, -0.25) is 0 Å². The summed E-state index contributed by atoms with van der Waals surface area (Å²) in [5, 5.41) is 5.33. The van der Waals surface area contributed by atoms with E-state index in [0.29, 0.717) is 40.6 Å². The van der Waals surface area contributed by atoms with Crippen LogP contribution < -0.4 is 10.6 Å². The molecule has 0 saturated carbocycles. The molecule has 0 radical (unpaired) electrons. The maximum absolute atomic E-state index is 13.9. The highest BCUT2D eigenvalue weighted by Crippen LogP contribution is 2.33. The topological polar surface area (TPSA) is 72.9 Å². The molecule has 1 aliphatic heterocycles. The van der Waals surface area contributed by atoms with E-state index in [9.17, 15) is 4.39 Å². The third-order valence-corrected chi connectivity index (χ3v) is 5.29. The van der Waals surface area contributed by atoms with Crippen LogP contribution in [0, 0.1) is 5.82 Å². The van der Waals surface area contributed by atoms with Crippen molar-refractivity contribution in [2.45, 2.75) is 19.4 Å². The highest BCUT2D eigenvalue weighted by atomic mass is 19.1. The van der Waals surface area contributed by atoms with Gasteiger partial charge in [0.15, 0.2) is 5.65 Å². The summed E-state index contributed by atoms with van der Waals surface area (Å²) >= 11 is 0. The molecular weight excluding hydrogens is 367 g/mol. The molecule has 6 nitrogen and oxygen atoms in total. The number of nitrogens with zero attached hydrogens (tertiary/aromatic N) is 5.